The summed E-state index contributed by atoms with van der Waals surface area (Å²) < 4.78 is 18.8. The van der Waals surface area contributed by atoms with Gasteiger partial charge in [0.2, 0.25) is 0 Å². The van der Waals surface area contributed by atoms with Gasteiger partial charge in [-0.15, -0.1) is 0 Å². The van der Waals surface area contributed by atoms with Crippen molar-refractivity contribution in [2.24, 2.45) is 0 Å². The molecule has 4 aromatic rings. The number of fused-ring (bicyclic) bond motifs is 2. The summed E-state index contributed by atoms with van der Waals surface area (Å²) in [6.45, 7) is 5.68. The number of piperazine rings is 1. The molecule has 1 aliphatic heterocycles. The number of hydrogen-bond donors (Lipinski definition) is 0. The second kappa shape index (κ2) is 8.05. The maximum Gasteiger partial charge on any atom is 0.186 e. The zero-order valence-electron chi connectivity index (χ0n) is 18.0. The number of rotatable bonds is 5. The van der Waals surface area contributed by atoms with Crippen molar-refractivity contribution >= 4 is 53.4 Å². The fraction of sp³-hybridized carbons (Fsp3) is 0.364. The topological polar surface area (TPSA) is 60.0 Å². The molecule has 1 fully saturated rings. The number of thiazole rings is 2. The second-order valence-electron chi connectivity index (χ2n) is 7.38. The Labute approximate surface area is 188 Å². The van der Waals surface area contributed by atoms with Crippen molar-refractivity contribution in [3.63, 3.8) is 0 Å². The Morgan fingerprint density at radius 3 is 1.68 bits per heavy atom. The van der Waals surface area contributed by atoms with Crippen molar-refractivity contribution < 1.29 is 14.2 Å². The lowest BCUT2D eigenvalue weighted by Crippen LogP contribution is -2.46. The van der Waals surface area contributed by atoms with Gasteiger partial charge in [0.15, 0.2) is 10.3 Å². The molecule has 1 saturated heterocycles. The van der Waals surface area contributed by atoms with E-state index in [0.29, 0.717) is 0 Å². The molecular formula is C22H24N4O3S2. The minimum Gasteiger partial charge on any atom is -0.495 e. The zero-order valence-corrected chi connectivity index (χ0v) is 19.6. The first-order valence-electron chi connectivity index (χ1n) is 10.1. The van der Waals surface area contributed by atoms with E-state index in [-0.39, 0.29) is 0 Å². The van der Waals surface area contributed by atoms with Crippen LogP contribution in [0.3, 0.4) is 0 Å². The number of anilines is 2. The summed E-state index contributed by atoms with van der Waals surface area (Å²) >= 11 is 3.39. The molecule has 3 heterocycles. The first-order chi connectivity index (χ1) is 15.1. The number of ether oxygens (including phenoxy) is 3. The summed E-state index contributed by atoms with van der Waals surface area (Å²) in [4.78, 5) is 14.5. The Morgan fingerprint density at radius 2 is 1.13 bits per heavy atom. The first kappa shape index (κ1) is 20.1. The van der Waals surface area contributed by atoms with Gasteiger partial charge in [-0.3, -0.25) is 0 Å². The van der Waals surface area contributed by atoms with E-state index in [2.05, 4.69) is 22.8 Å². The van der Waals surface area contributed by atoms with Crippen LogP contribution in [0.15, 0.2) is 24.3 Å². The highest BCUT2D eigenvalue weighted by molar-refractivity contribution is 7.23. The molecule has 0 bridgehead atoms. The first-order valence-corrected chi connectivity index (χ1v) is 11.7. The van der Waals surface area contributed by atoms with Gasteiger partial charge in [-0.05, 0) is 30.7 Å². The number of methoxy groups -OCH3 is 3. The van der Waals surface area contributed by atoms with Gasteiger partial charge in [0, 0.05) is 26.2 Å². The van der Waals surface area contributed by atoms with E-state index in [4.69, 9.17) is 24.2 Å². The van der Waals surface area contributed by atoms with Crippen LogP contribution >= 0.6 is 22.7 Å². The van der Waals surface area contributed by atoms with E-state index in [1.807, 2.05) is 18.2 Å². The number of aromatic nitrogens is 2. The summed E-state index contributed by atoms with van der Waals surface area (Å²) in [6, 6.07) is 7.93. The lowest BCUT2D eigenvalue weighted by atomic mass is 10.2. The third-order valence-electron chi connectivity index (χ3n) is 5.63. The fourth-order valence-electron chi connectivity index (χ4n) is 3.90. The second-order valence-corrected chi connectivity index (χ2v) is 9.33. The lowest BCUT2D eigenvalue weighted by Gasteiger charge is -2.34. The molecule has 0 unspecified atom stereocenters. The van der Waals surface area contributed by atoms with Crippen molar-refractivity contribution in [3.05, 3.63) is 29.8 Å². The van der Waals surface area contributed by atoms with Gasteiger partial charge in [-0.1, -0.05) is 28.7 Å². The molecule has 0 radical (unpaired) electrons. The normalized spacial score (nSPS) is 14.5. The van der Waals surface area contributed by atoms with E-state index in [1.165, 1.54) is 10.3 Å². The Balaban J connectivity index is 1.38. The molecule has 31 heavy (non-hydrogen) atoms. The molecule has 0 aliphatic carbocycles. The van der Waals surface area contributed by atoms with E-state index >= 15 is 0 Å². The highest BCUT2D eigenvalue weighted by atomic mass is 32.1. The number of nitrogens with zero attached hydrogens (tertiary/aromatic N) is 4. The summed E-state index contributed by atoms with van der Waals surface area (Å²) in [5, 5.41) is 2.05. The lowest BCUT2D eigenvalue weighted by molar-refractivity contribution is 0.410. The Morgan fingerprint density at radius 1 is 0.677 bits per heavy atom. The van der Waals surface area contributed by atoms with Gasteiger partial charge < -0.3 is 24.0 Å². The van der Waals surface area contributed by atoms with Crippen LogP contribution in [0.2, 0.25) is 0 Å². The van der Waals surface area contributed by atoms with Crippen LogP contribution in [-0.2, 0) is 0 Å². The van der Waals surface area contributed by atoms with Gasteiger partial charge in [0.1, 0.15) is 33.0 Å². The van der Waals surface area contributed by atoms with E-state index in [9.17, 15) is 0 Å². The highest BCUT2D eigenvalue weighted by Gasteiger charge is 2.24. The van der Waals surface area contributed by atoms with E-state index in [1.54, 1.807) is 44.0 Å². The molecule has 9 heteroatoms. The van der Waals surface area contributed by atoms with Crippen molar-refractivity contribution in [1.82, 2.24) is 9.97 Å². The molecule has 0 amide bonds. The Bertz CT molecular complexity index is 1200. The average molecular weight is 457 g/mol. The van der Waals surface area contributed by atoms with Crippen LogP contribution in [0.25, 0.3) is 20.4 Å². The quantitative estimate of drug-likeness (QED) is 0.436. The van der Waals surface area contributed by atoms with Crippen molar-refractivity contribution in [1.29, 1.82) is 0 Å². The van der Waals surface area contributed by atoms with Gasteiger partial charge in [0.05, 0.1) is 26.0 Å². The Hall–Kier alpha value is -2.78. The third-order valence-corrected chi connectivity index (χ3v) is 8.01. The maximum atomic E-state index is 5.53. The molecule has 2 aromatic carbocycles. The molecular weight excluding hydrogens is 432 g/mol. The molecule has 0 spiro atoms. The van der Waals surface area contributed by atoms with Gasteiger partial charge in [-0.2, -0.15) is 0 Å². The van der Waals surface area contributed by atoms with Crippen LogP contribution < -0.4 is 24.0 Å². The summed E-state index contributed by atoms with van der Waals surface area (Å²) in [5.74, 6) is 2.44. The molecule has 0 atom stereocenters. The number of benzene rings is 2. The predicted octanol–water partition coefficient (Wildman–Crippen LogP) is 4.57. The van der Waals surface area contributed by atoms with E-state index < -0.39 is 0 Å². The smallest absolute Gasteiger partial charge is 0.186 e. The minimum atomic E-state index is 0.774. The molecule has 1 aliphatic rings. The Kier molecular flexibility index (Phi) is 5.23. The fourth-order valence-corrected chi connectivity index (χ4v) is 6.13. The molecule has 0 saturated carbocycles. The van der Waals surface area contributed by atoms with Crippen molar-refractivity contribution in [3.8, 4) is 17.2 Å². The summed E-state index contributed by atoms with van der Waals surface area (Å²) in [5.41, 5.74) is 3.05. The SMILES string of the molecule is COc1ccc(C)c2sc(N3CCN(c4nc5c(OC)ccc(OC)c5s4)CC3)nc12. The van der Waals surface area contributed by atoms with Crippen LogP contribution in [0.1, 0.15) is 5.56 Å². The average Bonchev–Trinajstić information content (AvgIpc) is 3.45. The zero-order chi connectivity index (χ0) is 21.5. The van der Waals surface area contributed by atoms with Gasteiger partial charge in [0.25, 0.3) is 0 Å². The molecule has 5 rings (SSSR count). The minimum absolute atomic E-state index is 0.774. The van der Waals surface area contributed by atoms with Crippen LogP contribution in [0, 0.1) is 6.92 Å². The van der Waals surface area contributed by atoms with Crippen LogP contribution in [0.5, 0.6) is 17.2 Å². The highest BCUT2D eigenvalue weighted by Crippen LogP contribution is 2.41. The largest absolute Gasteiger partial charge is 0.495 e. The van der Waals surface area contributed by atoms with Crippen molar-refractivity contribution in [2.45, 2.75) is 6.92 Å². The van der Waals surface area contributed by atoms with Gasteiger partial charge in [-0.25, -0.2) is 9.97 Å². The van der Waals surface area contributed by atoms with E-state index in [0.717, 1.165) is 69.4 Å². The predicted molar refractivity (Wildman–Crippen MR) is 128 cm³/mol. The van der Waals surface area contributed by atoms with Crippen LogP contribution in [-0.4, -0.2) is 57.5 Å². The molecule has 0 N–H and O–H groups in total. The standard InChI is InChI=1S/C22H24N4O3S2/c1-13-5-6-14(27-2)17-19(13)30-21(23-17)25-9-11-26(12-10-25)22-24-18-15(28-3)7-8-16(29-4)20(18)31-22/h5-8H,9-12H2,1-4H3. The third kappa shape index (κ3) is 3.41. The molecule has 162 valence electrons. The summed E-state index contributed by atoms with van der Waals surface area (Å²) in [7, 11) is 5.06. The number of hydrogen-bond acceptors (Lipinski definition) is 9. The van der Waals surface area contributed by atoms with Crippen LogP contribution in [0.4, 0.5) is 10.3 Å². The summed E-state index contributed by atoms with van der Waals surface area (Å²) in [6.07, 6.45) is 0. The van der Waals surface area contributed by atoms with Crippen molar-refractivity contribution in [2.75, 3.05) is 57.3 Å². The molecule has 7 nitrogen and oxygen atoms in total. The number of aryl methyl sites for hydroxylation is 1. The maximum absolute atomic E-state index is 5.53. The van der Waals surface area contributed by atoms with Gasteiger partial charge >= 0.3 is 0 Å². The molecule has 2 aromatic heterocycles. The monoisotopic (exact) mass is 456 g/mol.